The third-order valence-corrected chi connectivity index (χ3v) is 3.75. The van der Waals surface area contributed by atoms with E-state index in [4.69, 9.17) is 0 Å². The fraction of sp³-hybridized carbons (Fsp3) is 0.769. The highest BCUT2D eigenvalue weighted by atomic mass is 16.4. The molecule has 1 aliphatic heterocycles. The van der Waals surface area contributed by atoms with Gasteiger partial charge in [-0.05, 0) is 18.3 Å². The minimum Gasteiger partial charge on any atom is -0.479 e. The molecule has 5 heteroatoms. The molecule has 0 radical (unpaired) electrons. The van der Waals surface area contributed by atoms with Crippen molar-refractivity contribution in [1.29, 1.82) is 0 Å². The second-order valence-electron chi connectivity index (χ2n) is 5.68. The number of piperidine rings is 1. The molecule has 1 fully saturated rings. The maximum atomic E-state index is 12.1. The minimum atomic E-state index is -1.38. The molecule has 5 nitrogen and oxygen atoms in total. The van der Waals surface area contributed by atoms with E-state index in [2.05, 4.69) is 0 Å². The molecule has 102 valence electrons. The number of rotatable bonds is 4. The highest BCUT2D eigenvalue weighted by Gasteiger charge is 2.51. The van der Waals surface area contributed by atoms with E-state index < -0.39 is 11.5 Å². The molecule has 0 saturated carbocycles. The Hall–Kier alpha value is -1.39. The van der Waals surface area contributed by atoms with Gasteiger partial charge < -0.3 is 5.11 Å². The van der Waals surface area contributed by atoms with Gasteiger partial charge in [-0.2, -0.15) is 0 Å². The summed E-state index contributed by atoms with van der Waals surface area (Å²) in [4.78, 5) is 36.7. The molecule has 0 aromatic heterocycles. The van der Waals surface area contributed by atoms with E-state index in [0.29, 0.717) is 0 Å². The lowest BCUT2D eigenvalue weighted by molar-refractivity contribution is -0.172. The number of carboxylic acid groups (broad SMARTS) is 1. The number of aliphatic carboxylic acids is 1. The molecule has 1 N–H and O–H groups in total. The van der Waals surface area contributed by atoms with Crippen LogP contribution >= 0.6 is 0 Å². The van der Waals surface area contributed by atoms with E-state index in [-0.39, 0.29) is 42.9 Å². The van der Waals surface area contributed by atoms with Crippen molar-refractivity contribution in [2.75, 3.05) is 0 Å². The third kappa shape index (κ3) is 2.26. The normalized spacial score (nSPS) is 20.1. The van der Waals surface area contributed by atoms with Gasteiger partial charge >= 0.3 is 5.97 Å². The smallest absolute Gasteiger partial charge is 0.330 e. The minimum absolute atomic E-state index is 0.216. The summed E-state index contributed by atoms with van der Waals surface area (Å²) in [5, 5.41) is 9.40. The molecule has 0 unspecified atom stereocenters. The van der Waals surface area contributed by atoms with Crippen LogP contribution in [0.25, 0.3) is 0 Å². The Kier molecular flexibility index (Phi) is 3.84. The zero-order chi connectivity index (χ0) is 14.1. The Labute approximate surface area is 107 Å². The molecule has 0 aliphatic carbocycles. The lowest BCUT2D eigenvalue weighted by atomic mass is 9.78. The molecule has 2 amide bonds. The van der Waals surface area contributed by atoms with Crippen molar-refractivity contribution < 1.29 is 19.5 Å². The number of amides is 2. The van der Waals surface area contributed by atoms with Crippen LogP contribution < -0.4 is 0 Å². The number of likely N-dealkylation sites (tertiary alicyclic amines) is 1. The van der Waals surface area contributed by atoms with E-state index in [0.717, 1.165) is 4.90 Å². The molecule has 1 aliphatic rings. The van der Waals surface area contributed by atoms with Crippen LogP contribution in [0.2, 0.25) is 0 Å². The molecule has 18 heavy (non-hydrogen) atoms. The van der Waals surface area contributed by atoms with Crippen LogP contribution in [-0.4, -0.2) is 33.3 Å². The highest BCUT2D eigenvalue weighted by Crippen LogP contribution is 2.37. The van der Waals surface area contributed by atoms with Crippen molar-refractivity contribution in [3.05, 3.63) is 0 Å². The average molecular weight is 255 g/mol. The van der Waals surface area contributed by atoms with Gasteiger partial charge in [-0.25, -0.2) is 4.79 Å². The van der Waals surface area contributed by atoms with E-state index >= 15 is 0 Å². The van der Waals surface area contributed by atoms with Crippen LogP contribution in [0.4, 0.5) is 0 Å². The Balaban J connectivity index is 3.18. The molecular formula is C13H21NO4. The van der Waals surface area contributed by atoms with Gasteiger partial charge in [0.25, 0.3) is 0 Å². The first kappa shape index (κ1) is 14.7. The van der Waals surface area contributed by atoms with Crippen LogP contribution in [0.5, 0.6) is 0 Å². The van der Waals surface area contributed by atoms with E-state index in [1.54, 1.807) is 13.8 Å². The van der Waals surface area contributed by atoms with Gasteiger partial charge in [0, 0.05) is 12.8 Å². The predicted molar refractivity (Wildman–Crippen MR) is 65.8 cm³/mol. The Morgan fingerprint density at radius 2 is 1.61 bits per heavy atom. The van der Waals surface area contributed by atoms with Crippen molar-refractivity contribution in [3.8, 4) is 0 Å². The summed E-state index contributed by atoms with van der Waals surface area (Å²) < 4.78 is 0. The molecule has 0 atom stereocenters. The van der Waals surface area contributed by atoms with Crippen LogP contribution in [0.15, 0.2) is 0 Å². The van der Waals surface area contributed by atoms with Crippen molar-refractivity contribution in [1.82, 2.24) is 4.90 Å². The zero-order valence-electron chi connectivity index (χ0n) is 11.4. The van der Waals surface area contributed by atoms with Crippen LogP contribution in [0.3, 0.4) is 0 Å². The van der Waals surface area contributed by atoms with Crippen molar-refractivity contribution >= 4 is 17.8 Å². The van der Waals surface area contributed by atoms with E-state index in [9.17, 15) is 19.5 Å². The van der Waals surface area contributed by atoms with Gasteiger partial charge in [0.1, 0.15) is 5.54 Å². The second kappa shape index (κ2) is 4.71. The lowest BCUT2D eigenvalue weighted by Crippen LogP contribution is -2.62. The summed E-state index contributed by atoms with van der Waals surface area (Å²) >= 11 is 0. The van der Waals surface area contributed by atoms with Crippen molar-refractivity contribution in [3.63, 3.8) is 0 Å². The average Bonchev–Trinajstić information content (AvgIpc) is 2.21. The number of carbonyl (C=O) groups is 3. The van der Waals surface area contributed by atoms with Gasteiger partial charge in [0.05, 0.1) is 0 Å². The molecule has 0 aromatic carbocycles. The number of hydrogen-bond donors (Lipinski definition) is 1. The Morgan fingerprint density at radius 3 is 1.89 bits per heavy atom. The summed E-state index contributed by atoms with van der Waals surface area (Å²) in [5.74, 6) is -1.85. The summed E-state index contributed by atoms with van der Waals surface area (Å²) in [7, 11) is 0. The lowest BCUT2D eigenvalue weighted by Gasteiger charge is -2.43. The fourth-order valence-electron chi connectivity index (χ4n) is 2.62. The zero-order valence-corrected chi connectivity index (χ0v) is 11.4. The fourth-order valence-corrected chi connectivity index (χ4v) is 2.62. The predicted octanol–water partition coefficient (Wildman–Crippen LogP) is 1.80. The SMILES string of the molecule is CCC(CC)(C(=O)O)N1C(=O)CC(C)(C)CC1=O. The molecular weight excluding hydrogens is 234 g/mol. The van der Waals surface area contributed by atoms with Gasteiger partial charge in [0.15, 0.2) is 0 Å². The first-order valence-corrected chi connectivity index (χ1v) is 6.29. The molecule has 0 aromatic rings. The number of imide groups is 1. The van der Waals surface area contributed by atoms with Gasteiger partial charge in [-0.15, -0.1) is 0 Å². The molecule has 1 saturated heterocycles. The highest BCUT2D eigenvalue weighted by molar-refractivity contribution is 6.03. The Morgan fingerprint density at radius 1 is 1.22 bits per heavy atom. The topological polar surface area (TPSA) is 74.7 Å². The Bertz CT molecular complexity index is 362. The van der Waals surface area contributed by atoms with Crippen molar-refractivity contribution in [2.24, 2.45) is 5.41 Å². The monoisotopic (exact) mass is 255 g/mol. The molecule has 0 spiro atoms. The summed E-state index contributed by atoms with van der Waals surface area (Å²) in [6.45, 7) is 7.08. The summed E-state index contributed by atoms with van der Waals surface area (Å²) in [6.07, 6.45) is 0.898. The molecule has 1 heterocycles. The van der Waals surface area contributed by atoms with Gasteiger partial charge in [0.2, 0.25) is 11.8 Å². The van der Waals surface area contributed by atoms with Crippen LogP contribution in [0.1, 0.15) is 53.4 Å². The molecule has 1 rings (SSSR count). The van der Waals surface area contributed by atoms with E-state index in [1.165, 1.54) is 0 Å². The number of hydrogen-bond acceptors (Lipinski definition) is 3. The number of carboxylic acids is 1. The van der Waals surface area contributed by atoms with Crippen LogP contribution in [0, 0.1) is 5.41 Å². The van der Waals surface area contributed by atoms with Gasteiger partial charge in [-0.3, -0.25) is 14.5 Å². The third-order valence-electron chi connectivity index (χ3n) is 3.75. The van der Waals surface area contributed by atoms with Crippen LogP contribution in [-0.2, 0) is 14.4 Å². The number of carbonyl (C=O) groups excluding carboxylic acids is 2. The quantitative estimate of drug-likeness (QED) is 0.777. The van der Waals surface area contributed by atoms with Crippen molar-refractivity contribution in [2.45, 2.75) is 58.9 Å². The first-order valence-electron chi connectivity index (χ1n) is 6.29. The maximum absolute atomic E-state index is 12.1. The van der Waals surface area contributed by atoms with E-state index in [1.807, 2.05) is 13.8 Å². The maximum Gasteiger partial charge on any atom is 0.330 e. The standard InChI is InChI=1S/C13H21NO4/c1-5-13(6-2,11(17)18)14-9(15)7-12(3,4)8-10(14)16/h5-8H2,1-4H3,(H,17,18). The largest absolute Gasteiger partial charge is 0.479 e. The summed E-state index contributed by atoms with van der Waals surface area (Å²) in [5.41, 5.74) is -1.76. The summed E-state index contributed by atoms with van der Waals surface area (Å²) in [6, 6.07) is 0. The molecule has 0 bridgehead atoms. The van der Waals surface area contributed by atoms with Gasteiger partial charge in [-0.1, -0.05) is 27.7 Å². The second-order valence-corrected chi connectivity index (χ2v) is 5.68. The first-order chi connectivity index (χ1) is 8.20. The number of nitrogens with zero attached hydrogens (tertiary/aromatic N) is 1.